The number of carboxylic acids is 1. The van der Waals surface area contributed by atoms with Gasteiger partial charge in [0.15, 0.2) is 0 Å². The molecule has 6 heteroatoms. The van der Waals surface area contributed by atoms with Gasteiger partial charge in [0.25, 0.3) is 5.97 Å². The van der Waals surface area contributed by atoms with Crippen molar-refractivity contribution in [3.63, 3.8) is 0 Å². The molecule has 1 aliphatic rings. The van der Waals surface area contributed by atoms with Crippen LogP contribution in [0.5, 0.6) is 0 Å². The molecule has 3 aromatic carbocycles. The predicted molar refractivity (Wildman–Crippen MR) is 173 cm³/mol. The second kappa shape index (κ2) is 14.2. The molecule has 5 rings (SSSR count). The summed E-state index contributed by atoms with van der Waals surface area (Å²) in [6, 6.07) is 27.2. The van der Waals surface area contributed by atoms with Crippen molar-refractivity contribution in [1.29, 1.82) is 0 Å². The third-order valence-electron chi connectivity index (χ3n) is 6.99. The molecule has 41 heavy (non-hydrogen) atoms. The first-order valence-corrected chi connectivity index (χ1v) is 15.5. The summed E-state index contributed by atoms with van der Waals surface area (Å²) in [4.78, 5) is 13.8. The number of hydrogen-bond donors (Lipinski definition) is 2. The van der Waals surface area contributed by atoms with Crippen LogP contribution in [-0.2, 0) is 16.8 Å². The largest absolute Gasteiger partial charge is 0.481 e. The fraction of sp³-hybridized carbons (Fsp3) is 0.314. The molecule has 1 fully saturated rings. The van der Waals surface area contributed by atoms with Crippen molar-refractivity contribution >= 4 is 52.4 Å². The lowest BCUT2D eigenvalue weighted by atomic mass is 9.90. The molecule has 1 aromatic heterocycles. The average molecular weight is 588 g/mol. The number of benzene rings is 3. The van der Waals surface area contributed by atoms with Gasteiger partial charge in [-0.25, -0.2) is 4.98 Å². The second-order valence-corrected chi connectivity index (χ2v) is 12.8. The molecule has 0 spiro atoms. The van der Waals surface area contributed by atoms with E-state index < -0.39 is 11.6 Å². The Bertz CT molecular complexity index is 1500. The third-order valence-corrected chi connectivity index (χ3v) is 8.80. The first-order chi connectivity index (χ1) is 19.6. The molecular weight excluding hydrogens is 550 g/mol. The summed E-state index contributed by atoms with van der Waals surface area (Å²) in [7, 11) is 0. The third kappa shape index (κ3) is 9.74. The number of aromatic nitrogens is 1. The van der Waals surface area contributed by atoms with Gasteiger partial charge < -0.3 is 10.2 Å². The number of carbonyl (C=O) groups is 1. The number of rotatable bonds is 10. The zero-order chi connectivity index (χ0) is 29.4. The van der Waals surface area contributed by atoms with E-state index in [1.807, 2.05) is 44.2 Å². The first kappa shape index (κ1) is 30.8. The minimum absolute atomic E-state index is 0.421. The zero-order valence-corrected chi connectivity index (χ0v) is 25.5. The standard InChI is InChI=1S/C33H34ClNOS.C2H4O2/c1-33(2,36)30-9-4-3-7-25(30)15-19-32(37-22-24-10-11-24)27-8-5-6-23(20-27)12-17-29-18-14-26-13-16-28(34)21-31(26)35-29;1-2(3)4/h3-9,12-14,16-18,20-21,24,32,36H,10-11,15,19,22H2,1-2H3;1H3,(H,3,4)/t32-;/m0./s1. The van der Waals surface area contributed by atoms with Gasteiger partial charge in [0.05, 0.1) is 16.8 Å². The Morgan fingerprint density at radius 1 is 1.05 bits per heavy atom. The van der Waals surface area contributed by atoms with E-state index in [1.165, 1.54) is 35.3 Å². The molecule has 0 aliphatic heterocycles. The Morgan fingerprint density at radius 3 is 2.51 bits per heavy atom. The van der Waals surface area contributed by atoms with Crippen LogP contribution in [0.4, 0.5) is 0 Å². The number of halogens is 1. The van der Waals surface area contributed by atoms with Gasteiger partial charge in [0.1, 0.15) is 0 Å². The quantitative estimate of drug-likeness (QED) is 0.193. The maximum Gasteiger partial charge on any atom is 0.300 e. The molecule has 4 aromatic rings. The molecule has 0 saturated heterocycles. The van der Waals surface area contributed by atoms with E-state index in [0.717, 1.165) is 47.8 Å². The van der Waals surface area contributed by atoms with E-state index in [9.17, 15) is 5.11 Å². The Kier molecular flexibility index (Phi) is 10.7. The molecule has 1 saturated carbocycles. The van der Waals surface area contributed by atoms with Crippen molar-refractivity contribution < 1.29 is 15.0 Å². The number of aliphatic hydroxyl groups is 1. The molecule has 1 heterocycles. The Balaban J connectivity index is 0.000000909. The Labute approximate surface area is 252 Å². The van der Waals surface area contributed by atoms with E-state index >= 15 is 0 Å². The first-order valence-electron chi connectivity index (χ1n) is 14.0. The van der Waals surface area contributed by atoms with Gasteiger partial charge >= 0.3 is 0 Å². The summed E-state index contributed by atoms with van der Waals surface area (Å²) < 4.78 is 0. The monoisotopic (exact) mass is 587 g/mol. The van der Waals surface area contributed by atoms with E-state index in [2.05, 4.69) is 72.4 Å². The summed E-state index contributed by atoms with van der Waals surface area (Å²) in [6.07, 6.45) is 8.96. The summed E-state index contributed by atoms with van der Waals surface area (Å²) >= 11 is 8.26. The molecule has 0 unspecified atom stereocenters. The summed E-state index contributed by atoms with van der Waals surface area (Å²) in [6.45, 7) is 4.83. The number of hydrogen-bond acceptors (Lipinski definition) is 4. The zero-order valence-electron chi connectivity index (χ0n) is 23.9. The maximum atomic E-state index is 10.7. The van der Waals surface area contributed by atoms with E-state index in [0.29, 0.717) is 10.3 Å². The number of aryl methyl sites for hydroxylation is 1. The minimum atomic E-state index is -0.833. The van der Waals surface area contributed by atoms with E-state index in [1.54, 1.807) is 0 Å². The highest BCUT2D eigenvalue weighted by Crippen LogP contribution is 2.41. The smallest absolute Gasteiger partial charge is 0.300 e. The number of nitrogens with zero attached hydrogens (tertiary/aromatic N) is 1. The number of fused-ring (bicyclic) bond motifs is 1. The van der Waals surface area contributed by atoms with E-state index in [-0.39, 0.29) is 0 Å². The van der Waals surface area contributed by atoms with Crippen LogP contribution in [0, 0.1) is 5.92 Å². The molecular formula is C35H38ClNO3S. The van der Waals surface area contributed by atoms with Crippen LogP contribution >= 0.6 is 23.4 Å². The fourth-order valence-corrected chi connectivity index (χ4v) is 6.38. The fourth-order valence-electron chi connectivity index (χ4n) is 4.75. The summed E-state index contributed by atoms with van der Waals surface area (Å²) in [5.41, 5.74) is 5.81. The maximum absolute atomic E-state index is 10.7. The van der Waals surface area contributed by atoms with Crippen molar-refractivity contribution in [1.82, 2.24) is 4.98 Å². The van der Waals surface area contributed by atoms with Gasteiger partial charge in [-0.3, -0.25) is 4.79 Å². The van der Waals surface area contributed by atoms with Crippen LogP contribution in [0.3, 0.4) is 0 Å². The molecule has 0 amide bonds. The van der Waals surface area contributed by atoms with Crippen molar-refractivity contribution in [2.24, 2.45) is 5.92 Å². The second-order valence-electron chi connectivity index (χ2n) is 11.1. The van der Waals surface area contributed by atoms with Crippen LogP contribution in [-0.4, -0.2) is 26.9 Å². The highest BCUT2D eigenvalue weighted by Gasteiger charge is 2.25. The highest BCUT2D eigenvalue weighted by atomic mass is 35.5. The number of aliphatic carboxylic acids is 1. The van der Waals surface area contributed by atoms with Gasteiger partial charge in [-0.15, -0.1) is 0 Å². The molecule has 214 valence electrons. The van der Waals surface area contributed by atoms with Gasteiger partial charge in [-0.2, -0.15) is 11.8 Å². The van der Waals surface area contributed by atoms with Crippen molar-refractivity contribution in [3.8, 4) is 0 Å². The Morgan fingerprint density at radius 2 is 1.78 bits per heavy atom. The normalized spacial score (nSPS) is 14.1. The van der Waals surface area contributed by atoms with Gasteiger partial charge in [-0.05, 0) is 97.7 Å². The number of thioether (sulfide) groups is 1. The van der Waals surface area contributed by atoms with Crippen molar-refractivity contribution in [2.45, 2.75) is 57.3 Å². The minimum Gasteiger partial charge on any atom is -0.481 e. The van der Waals surface area contributed by atoms with Gasteiger partial charge in [0, 0.05) is 22.6 Å². The van der Waals surface area contributed by atoms with Crippen LogP contribution < -0.4 is 0 Å². The summed E-state index contributed by atoms with van der Waals surface area (Å²) in [5, 5.41) is 20.3. The molecule has 1 aliphatic carbocycles. The lowest BCUT2D eigenvalue weighted by Crippen LogP contribution is -2.18. The molecule has 2 N–H and O–H groups in total. The number of carboxylic acid groups (broad SMARTS) is 1. The van der Waals surface area contributed by atoms with Crippen LogP contribution in [0.1, 0.15) is 73.2 Å². The molecule has 4 nitrogen and oxygen atoms in total. The topological polar surface area (TPSA) is 70.4 Å². The summed E-state index contributed by atoms with van der Waals surface area (Å²) in [5.74, 6) is 1.27. The van der Waals surface area contributed by atoms with Gasteiger partial charge in [0.2, 0.25) is 0 Å². The van der Waals surface area contributed by atoms with Crippen molar-refractivity contribution in [3.05, 3.63) is 112 Å². The number of pyridine rings is 1. The molecule has 0 radical (unpaired) electrons. The Hall–Kier alpha value is -3.12. The average Bonchev–Trinajstić information content (AvgIpc) is 3.76. The lowest BCUT2D eigenvalue weighted by Gasteiger charge is -2.23. The van der Waals surface area contributed by atoms with Crippen LogP contribution in [0.25, 0.3) is 23.1 Å². The highest BCUT2D eigenvalue weighted by molar-refractivity contribution is 7.99. The van der Waals surface area contributed by atoms with Crippen molar-refractivity contribution in [2.75, 3.05) is 5.75 Å². The molecule has 1 atom stereocenters. The van der Waals surface area contributed by atoms with E-state index in [4.69, 9.17) is 26.5 Å². The van der Waals surface area contributed by atoms with Gasteiger partial charge in [-0.1, -0.05) is 78.3 Å². The van der Waals surface area contributed by atoms with Crippen LogP contribution in [0.2, 0.25) is 5.02 Å². The SMILES string of the molecule is CC(=O)O.CC(C)(O)c1ccccc1CC[C@H](SCC1CC1)c1cccc(C=Cc2ccc3ccc(Cl)cc3n2)c1. The van der Waals surface area contributed by atoms with Crippen LogP contribution in [0.15, 0.2) is 78.9 Å². The molecule has 0 bridgehead atoms. The lowest BCUT2D eigenvalue weighted by molar-refractivity contribution is -0.134. The predicted octanol–water partition coefficient (Wildman–Crippen LogP) is 9.19.